The van der Waals surface area contributed by atoms with Gasteiger partial charge in [-0.05, 0) is 19.8 Å². The van der Waals surface area contributed by atoms with Gasteiger partial charge in [-0.25, -0.2) is 0 Å². The molecule has 3 nitrogen and oxygen atoms in total. The van der Waals surface area contributed by atoms with E-state index in [4.69, 9.17) is 4.74 Å². The van der Waals surface area contributed by atoms with Crippen molar-refractivity contribution in [1.82, 2.24) is 0 Å². The van der Waals surface area contributed by atoms with E-state index in [1.165, 1.54) is 0 Å². The van der Waals surface area contributed by atoms with Crippen LogP contribution in [0, 0.1) is 5.92 Å². The number of ether oxygens (including phenoxy) is 1. The standard InChI is InChI=1S/C10H15BrO3/c1-2-14-10(13)8(11)9(12)7-5-3-4-6-7/h7-8H,2-6H2,1H3. The monoisotopic (exact) mass is 262 g/mol. The highest BCUT2D eigenvalue weighted by molar-refractivity contribution is 9.10. The molecule has 0 aliphatic heterocycles. The van der Waals surface area contributed by atoms with E-state index in [0.717, 1.165) is 25.7 Å². The minimum absolute atomic E-state index is 0.0130. The molecule has 0 aromatic carbocycles. The van der Waals surface area contributed by atoms with Crippen molar-refractivity contribution in [2.24, 2.45) is 5.92 Å². The molecule has 14 heavy (non-hydrogen) atoms. The quantitative estimate of drug-likeness (QED) is 0.443. The summed E-state index contributed by atoms with van der Waals surface area (Å²) in [6.45, 7) is 2.05. The van der Waals surface area contributed by atoms with Crippen molar-refractivity contribution >= 4 is 27.7 Å². The maximum absolute atomic E-state index is 11.7. The third kappa shape index (κ3) is 2.80. The summed E-state index contributed by atoms with van der Waals surface area (Å²) >= 11 is 3.10. The number of Topliss-reactive ketones (excluding diaryl/α,β-unsaturated/α-hetero) is 1. The van der Waals surface area contributed by atoms with Gasteiger partial charge in [0.25, 0.3) is 0 Å². The summed E-state index contributed by atoms with van der Waals surface area (Å²) in [7, 11) is 0. The average Bonchev–Trinajstić information content (AvgIpc) is 2.68. The molecule has 0 spiro atoms. The molecular formula is C10H15BrO3. The van der Waals surface area contributed by atoms with Gasteiger partial charge in [0.05, 0.1) is 6.61 Å². The number of alkyl halides is 1. The van der Waals surface area contributed by atoms with Gasteiger partial charge in [-0.2, -0.15) is 0 Å². The SMILES string of the molecule is CCOC(=O)C(Br)C(=O)C1CCCC1. The topological polar surface area (TPSA) is 43.4 Å². The number of halogens is 1. The van der Waals surface area contributed by atoms with Gasteiger partial charge in [-0.15, -0.1) is 0 Å². The Kier molecular flexibility index (Phi) is 4.58. The predicted molar refractivity (Wildman–Crippen MR) is 56.3 cm³/mol. The van der Waals surface area contributed by atoms with Gasteiger partial charge < -0.3 is 4.74 Å². The van der Waals surface area contributed by atoms with Crippen LogP contribution in [0.4, 0.5) is 0 Å². The summed E-state index contributed by atoms with van der Waals surface area (Å²) in [4.78, 5) is 22.2. The summed E-state index contributed by atoms with van der Waals surface area (Å²) in [5, 5.41) is 0. The second-order valence-corrected chi connectivity index (χ2v) is 4.41. The van der Waals surface area contributed by atoms with Crippen LogP contribution in [0.25, 0.3) is 0 Å². The molecule has 1 rings (SSSR count). The van der Waals surface area contributed by atoms with E-state index in [2.05, 4.69) is 15.9 Å². The largest absolute Gasteiger partial charge is 0.465 e. The maximum Gasteiger partial charge on any atom is 0.327 e. The molecule has 0 aromatic rings. The van der Waals surface area contributed by atoms with Gasteiger partial charge in [0.2, 0.25) is 0 Å². The lowest BCUT2D eigenvalue weighted by atomic mass is 10.0. The van der Waals surface area contributed by atoms with Crippen molar-refractivity contribution in [1.29, 1.82) is 0 Å². The second kappa shape index (κ2) is 5.49. The predicted octanol–water partition coefficient (Wildman–Crippen LogP) is 2.07. The van der Waals surface area contributed by atoms with Crippen LogP contribution in [-0.2, 0) is 14.3 Å². The highest BCUT2D eigenvalue weighted by Gasteiger charge is 2.32. The van der Waals surface area contributed by atoms with E-state index in [-0.39, 0.29) is 11.7 Å². The Morgan fingerprint density at radius 2 is 2.00 bits per heavy atom. The molecule has 1 unspecified atom stereocenters. The van der Waals surface area contributed by atoms with Gasteiger partial charge in [-0.1, -0.05) is 28.8 Å². The number of carbonyl (C=O) groups excluding carboxylic acids is 2. The third-order valence-corrected chi connectivity index (χ3v) is 3.33. The van der Waals surface area contributed by atoms with Crippen LogP contribution in [0.2, 0.25) is 0 Å². The van der Waals surface area contributed by atoms with Crippen molar-refractivity contribution in [3.63, 3.8) is 0 Å². The molecule has 1 atom stereocenters. The summed E-state index contributed by atoms with van der Waals surface area (Å²) in [6, 6.07) is 0. The van der Waals surface area contributed by atoms with Crippen molar-refractivity contribution in [3.8, 4) is 0 Å². The molecule has 0 saturated heterocycles. The van der Waals surface area contributed by atoms with Crippen LogP contribution in [0.3, 0.4) is 0 Å². The molecule has 0 radical (unpaired) electrons. The van der Waals surface area contributed by atoms with E-state index in [1.54, 1.807) is 6.92 Å². The van der Waals surface area contributed by atoms with Crippen LogP contribution in [0.15, 0.2) is 0 Å². The lowest BCUT2D eigenvalue weighted by Gasteiger charge is -2.12. The lowest BCUT2D eigenvalue weighted by molar-refractivity contribution is -0.145. The number of ketones is 1. The first-order valence-corrected chi connectivity index (χ1v) is 5.92. The van der Waals surface area contributed by atoms with Crippen LogP contribution < -0.4 is 0 Å². The minimum Gasteiger partial charge on any atom is -0.465 e. The molecule has 0 amide bonds. The molecule has 80 valence electrons. The average molecular weight is 263 g/mol. The lowest BCUT2D eigenvalue weighted by Crippen LogP contribution is -2.30. The molecule has 1 saturated carbocycles. The van der Waals surface area contributed by atoms with E-state index in [9.17, 15) is 9.59 Å². The fraction of sp³-hybridized carbons (Fsp3) is 0.800. The molecular weight excluding hydrogens is 248 g/mol. The fourth-order valence-electron chi connectivity index (χ4n) is 1.75. The minimum atomic E-state index is -0.759. The zero-order valence-corrected chi connectivity index (χ0v) is 9.88. The molecule has 1 aliphatic carbocycles. The number of hydrogen-bond acceptors (Lipinski definition) is 3. The molecule has 4 heteroatoms. The van der Waals surface area contributed by atoms with Crippen molar-refractivity contribution in [3.05, 3.63) is 0 Å². The van der Waals surface area contributed by atoms with Gasteiger partial charge in [0, 0.05) is 5.92 Å². The van der Waals surface area contributed by atoms with Crippen molar-refractivity contribution in [2.45, 2.75) is 37.4 Å². The Labute approximate surface area is 92.3 Å². The van der Waals surface area contributed by atoms with Crippen LogP contribution >= 0.6 is 15.9 Å². The summed E-state index contributed by atoms with van der Waals surface area (Å²) < 4.78 is 4.78. The first kappa shape index (κ1) is 11.7. The number of carbonyl (C=O) groups is 2. The Balaban J connectivity index is 2.46. The molecule has 1 fully saturated rings. The van der Waals surface area contributed by atoms with Gasteiger partial charge >= 0.3 is 5.97 Å². The summed E-state index contributed by atoms with van der Waals surface area (Å²) in [6.07, 6.45) is 4.03. The van der Waals surface area contributed by atoms with E-state index in [1.807, 2.05) is 0 Å². The Morgan fingerprint density at radius 1 is 1.43 bits per heavy atom. The number of rotatable bonds is 4. The molecule has 1 aliphatic rings. The van der Waals surface area contributed by atoms with Gasteiger partial charge in [0.15, 0.2) is 10.6 Å². The third-order valence-electron chi connectivity index (χ3n) is 2.50. The first-order valence-electron chi connectivity index (χ1n) is 5.01. The summed E-state index contributed by atoms with van der Waals surface area (Å²) in [5.74, 6) is -0.408. The fourth-order valence-corrected chi connectivity index (χ4v) is 2.25. The maximum atomic E-state index is 11.7. The zero-order valence-electron chi connectivity index (χ0n) is 8.29. The highest BCUT2D eigenvalue weighted by atomic mass is 79.9. The second-order valence-electron chi connectivity index (χ2n) is 3.50. The van der Waals surface area contributed by atoms with Gasteiger partial charge in [-0.3, -0.25) is 9.59 Å². The number of hydrogen-bond donors (Lipinski definition) is 0. The Morgan fingerprint density at radius 3 is 2.50 bits per heavy atom. The molecule has 0 aromatic heterocycles. The highest BCUT2D eigenvalue weighted by Crippen LogP contribution is 2.28. The number of esters is 1. The molecule has 0 bridgehead atoms. The summed E-state index contributed by atoms with van der Waals surface area (Å²) in [5.41, 5.74) is 0. The van der Waals surface area contributed by atoms with Crippen LogP contribution in [0.1, 0.15) is 32.6 Å². The molecule has 0 heterocycles. The van der Waals surface area contributed by atoms with Crippen molar-refractivity contribution < 1.29 is 14.3 Å². The van der Waals surface area contributed by atoms with Gasteiger partial charge in [0.1, 0.15) is 0 Å². The Bertz CT molecular complexity index is 221. The first-order chi connectivity index (χ1) is 6.66. The Hall–Kier alpha value is -0.380. The molecule has 0 N–H and O–H groups in total. The van der Waals surface area contributed by atoms with E-state index in [0.29, 0.717) is 6.61 Å². The zero-order chi connectivity index (χ0) is 10.6. The smallest absolute Gasteiger partial charge is 0.327 e. The van der Waals surface area contributed by atoms with Crippen LogP contribution in [0.5, 0.6) is 0 Å². The van der Waals surface area contributed by atoms with E-state index < -0.39 is 10.8 Å². The van der Waals surface area contributed by atoms with Crippen molar-refractivity contribution in [2.75, 3.05) is 6.61 Å². The van der Waals surface area contributed by atoms with Crippen LogP contribution in [-0.4, -0.2) is 23.2 Å². The van der Waals surface area contributed by atoms with E-state index >= 15 is 0 Å². The normalized spacial score (nSPS) is 19.3.